The number of carbonyl (C=O) groups excluding carboxylic acids is 1. The van der Waals surface area contributed by atoms with Gasteiger partial charge in [0.15, 0.2) is 0 Å². The second-order valence-corrected chi connectivity index (χ2v) is 4.00. The first-order chi connectivity index (χ1) is 7.22. The first-order valence-electron chi connectivity index (χ1n) is 5.51. The highest BCUT2D eigenvalue weighted by atomic mass is 16.3. The summed E-state index contributed by atoms with van der Waals surface area (Å²) in [4.78, 5) is 11.4. The van der Waals surface area contributed by atoms with Crippen LogP contribution in [0.5, 0.6) is 0 Å². The molecule has 15 heavy (non-hydrogen) atoms. The van der Waals surface area contributed by atoms with Gasteiger partial charge in [-0.05, 0) is 25.7 Å². The fraction of sp³-hybridized carbons (Fsp3) is 0.727. The van der Waals surface area contributed by atoms with Gasteiger partial charge in [0.05, 0.1) is 12.6 Å². The van der Waals surface area contributed by atoms with Crippen LogP contribution in [0.1, 0.15) is 25.7 Å². The number of rotatable bonds is 5. The van der Waals surface area contributed by atoms with Crippen LogP contribution in [0.15, 0.2) is 12.7 Å². The first-order valence-corrected chi connectivity index (χ1v) is 5.51. The Hall–Kier alpha value is -0.870. The molecule has 0 aromatic carbocycles. The molecule has 1 amide bonds. The van der Waals surface area contributed by atoms with Crippen molar-refractivity contribution in [2.45, 2.75) is 37.8 Å². The summed E-state index contributed by atoms with van der Waals surface area (Å²) in [6.45, 7) is 4.51. The van der Waals surface area contributed by atoms with Crippen LogP contribution in [0.2, 0.25) is 0 Å². The molecule has 1 saturated carbocycles. The van der Waals surface area contributed by atoms with E-state index in [1.165, 1.54) is 0 Å². The molecule has 1 aliphatic carbocycles. The Morgan fingerprint density at radius 2 is 2.33 bits per heavy atom. The molecule has 0 saturated heterocycles. The third-order valence-corrected chi connectivity index (χ3v) is 2.59. The summed E-state index contributed by atoms with van der Waals surface area (Å²) in [6.07, 6.45) is 4.99. The van der Waals surface area contributed by atoms with Gasteiger partial charge in [-0.3, -0.25) is 4.79 Å². The average molecular weight is 212 g/mol. The van der Waals surface area contributed by atoms with Crippen molar-refractivity contribution in [2.75, 3.05) is 13.1 Å². The molecule has 0 spiro atoms. The van der Waals surface area contributed by atoms with Gasteiger partial charge in [0.25, 0.3) is 0 Å². The molecule has 0 aliphatic heterocycles. The maximum Gasteiger partial charge on any atom is 0.234 e. The molecule has 3 N–H and O–H groups in total. The van der Waals surface area contributed by atoms with Crippen molar-refractivity contribution in [3.8, 4) is 0 Å². The van der Waals surface area contributed by atoms with Crippen molar-refractivity contribution in [1.29, 1.82) is 0 Å². The van der Waals surface area contributed by atoms with E-state index in [-0.39, 0.29) is 18.1 Å². The second-order valence-electron chi connectivity index (χ2n) is 4.00. The number of aliphatic hydroxyl groups is 1. The summed E-state index contributed by atoms with van der Waals surface area (Å²) in [5, 5.41) is 15.3. The zero-order valence-corrected chi connectivity index (χ0v) is 9.04. The van der Waals surface area contributed by atoms with Gasteiger partial charge in [0.1, 0.15) is 0 Å². The van der Waals surface area contributed by atoms with E-state index in [1.54, 1.807) is 6.08 Å². The molecule has 0 radical (unpaired) electrons. The lowest BCUT2D eigenvalue weighted by atomic mass is 9.93. The number of aliphatic hydroxyl groups excluding tert-OH is 1. The quantitative estimate of drug-likeness (QED) is 0.450. The van der Waals surface area contributed by atoms with Crippen molar-refractivity contribution in [3.63, 3.8) is 0 Å². The molecule has 2 unspecified atom stereocenters. The Morgan fingerprint density at radius 3 is 3.00 bits per heavy atom. The standard InChI is InChI=1S/C11H20N2O2/c1-2-6-12-8-11(15)13-9-4-3-5-10(14)7-9/h2,9-10,12,14H,1,3-8H2,(H,13,15). The van der Waals surface area contributed by atoms with Gasteiger partial charge in [-0.25, -0.2) is 0 Å². The van der Waals surface area contributed by atoms with Crippen molar-refractivity contribution < 1.29 is 9.90 Å². The van der Waals surface area contributed by atoms with Crippen LogP contribution in [-0.2, 0) is 4.79 Å². The van der Waals surface area contributed by atoms with Crippen LogP contribution in [-0.4, -0.2) is 36.2 Å². The molecule has 4 nitrogen and oxygen atoms in total. The Labute approximate surface area is 90.7 Å². The third-order valence-electron chi connectivity index (χ3n) is 2.59. The molecule has 0 heterocycles. The molecule has 0 aromatic rings. The molecule has 86 valence electrons. The first kappa shape index (κ1) is 12.2. The second kappa shape index (κ2) is 6.58. The normalized spacial score (nSPS) is 25.9. The lowest BCUT2D eigenvalue weighted by Gasteiger charge is -2.26. The smallest absolute Gasteiger partial charge is 0.234 e. The van der Waals surface area contributed by atoms with Crippen LogP contribution in [0.3, 0.4) is 0 Å². The topological polar surface area (TPSA) is 61.4 Å². The molecule has 1 aliphatic rings. The van der Waals surface area contributed by atoms with Crippen molar-refractivity contribution in [1.82, 2.24) is 10.6 Å². The third kappa shape index (κ3) is 4.95. The van der Waals surface area contributed by atoms with Crippen molar-refractivity contribution >= 4 is 5.91 Å². The minimum absolute atomic E-state index is 0.00375. The molecule has 2 atom stereocenters. The SMILES string of the molecule is C=CCNCC(=O)NC1CCCC(O)C1. The van der Waals surface area contributed by atoms with Gasteiger partial charge < -0.3 is 15.7 Å². The lowest BCUT2D eigenvalue weighted by Crippen LogP contribution is -2.43. The van der Waals surface area contributed by atoms with E-state index in [0.717, 1.165) is 19.3 Å². The summed E-state index contributed by atoms with van der Waals surface area (Å²) in [7, 11) is 0. The summed E-state index contributed by atoms with van der Waals surface area (Å²) < 4.78 is 0. The fourth-order valence-electron chi connectivity index (χ4n) is 1.86. The van der Waals surface area contributed by atoms with Gasteiger partial charge in [0, 0.05) is 12.6 Å². The Balaban J connectivity index is 2.16. The molecular formula is C11H20N2O2. The maximum absolute atomic E-state index is 11.4. The monoisotopic (exact) mass is 212 g/mol. The van der Waals surface area contributed by atoms with Crippen LogP contribution in [0, 0.1) is 0 Å². The fourth-order valence-corrected chi connectivity index (χ4v) is 1.86. The predicted octanol–water partition coefficient (Wildman–Crippen LogP) is 0.182. The highest BCUT2D eigenvalue weighted by Gasteiger charge is 2.21. The van der Waals surface area contributed by atoms with Crippen LogP contribution in [0.4, 0.5) is 0 Å². The van der Waals surface area contributed by atoms with E-state index in [1.807, 2.05) is 0 Å². The van der Waals surface area contributed by atoms with E-state index in [0.29, 0.717) is 19.5 Å². The summed E-state index contributed by atoms with van der Waals surface area (Å²) in [6, 6.07) is 0.145. The number of hydrogen-bond donors (Lipinski definition) is 3. The highest BCUT2D eigenvalue weighted by Crippen LogP contribution is 2.17. The van der Waals surface area contributed by atoms with Crippen molar-refractivity contribution in [2.24, 2.45) is 0 Å². The zero-order valence-electron chi connectivity index (χ0n) is 9.04. The van der Waals surface area contributed by atoms with Gasteiger partial charge >= 0.3 is 0 Å². The van der Waals surface area contributed by atoms with E-state index in [2.05, 4.69) is 17.2 Å². The van der Waals surface area contributed by atoms with Crippen LogP contribution < -0.4 is 10.6 Å². The number of amides is 1. The number of hydrogen-bond acceptors (Lipinski definition) is 3. The zero-order chi connectivity index (χ0) is 11.1. The molecule has 1 rings (SSSR count). The van der Waals surface area contributed by atoms with Crippen LogP contribution in [0.25, 0.3) is 0 Å². The molecule has 0 bridgehead atoms. The predicted molar refractivity (Wildman–Crippen MR) is 59.5 cm³/mol. The number of carbonyl (C=O) groups is 1. The van der Waals surface area contributed by atoms with E-state index in [9.17, 15) is 9.90 Å². The Bertz CT molecular complexity index is 219. The lowest BCUT2D eigenvalue weighted by molar-refractivity contribution is -0.121. The van der Waals surface area contributed by atoms with Gasteiger partial charge in [0.2, 0.25) is 5.91 Å². The summed E-state index contributed by atoms with van der Waals surface area (Å²) in [5.41, 5.74) is 0. The summed E-state index contributed by atoms with van der Waals surface area (Å²) in [5.74, 6) is -0.00375. The highest BCUT2D eigenvalue weighted by molar-refractivity contribution is 5.78. The average Bonchev–Trinajstić information content (AvgIpc) is 2.18. The minimum atomic E-state index is -0.245. The largest absolute Gasteiger partial charge is 0.393 e. The van der Waals surface area contributed by atoms with Gasteiger partial charge in [-0.15, -0.1) is 6.58 Å². The van der Waals surface area contributed by atoms with Crippen molar-refractivity contribution in [3.05, 3.63) is 12.7 Å². The molecule has 4 heteroatoms. The van der Waals surface area contributed by atoms with Gasteiger partial charge in [-0.1, -0.05) is 6.08 Å². The summed E-state index contributed by atoms with van der Waals surface area (Å²) >= 11 is 0. The molecular weight excluding hydrogens is 192 g/mol. The Kier molecular flexibility index (Phi) is 5.36. The maximum atomic E-state index is 11.4. The van der Waals surface area contributed by atoms with E-state index >= 15 is 0 Å². The van der Waals surface area contributed by atoms with Gasteiger partial charge in [-0.2, -0.15) is 0 Å². The molecule has 0 aromatic heterocycles. The van der Waals surface area contributed by atoms with E-state index in [4.69, 9.17) is 0 Å². The van der Waals surface area contributed by atoms with Crippen LogP contribution >= 0.6 is 0 Å². The Morgan fingerprint density at radius 1 is 1.53 bits per heavy atom. The van der Waals surface area contributed by atoms with E-state index < -0.39 is 0 Å². The number of nitrogens with one attached hydrogen (secondary N) is 2. The minimum Gasteiger partial charge on any atom is -0.393 e. The molecule has 1 fully saturated rings.